The predicted molar refractivity (Wildman–Crippen MR) is 254 cm³/mol. The van der Waals surface area contributed by atoms with Crippen LogP contribution >= 0.6 is 7.82 Å². The van der Waals surface area contributed by atoms with E-state index in [1.54, 1.807) is 6.08 Å². The fraction of sp³-hybridized carbons (Fsp3) is 0.820. The maximum atomic E-state index is 12.8. The molecule has 0 rings (SSSR count). The predicted octanol–water partition coefficient (Wildman–Crippen LogP) is 14.0. The Morgan fingerprint density at radius 1 is 0.559 bits per heavy atom. The first-order chi connectivity index (χ1) is 28.5. The second kappa shape index (κ2) is 41.8. The van der Waals surface area contributed by atoms with E-state index in [1.165, 1.54) is 135 Å². The molecule has 0 aliphatic carbocycles. The average molecular weight is 852 g/mol. The van der Waals surface area contributed by atoms with Crippen LogP contribution in [0.15, 0.2) is 48.6 Å². The van der Waals surface area contributed by atoms with Crippen molar-refractivity contribution in [2.24, 2.45) is 0 Å². The summed E-state index contributed by atoms with van der Waals surface area (Å²) in [5.74, 6) is -0.202. The number of carbonyl (C=O) groups is 1. The van der Waals surface area contributed by atoms with E-state index in [1.807, 2.05) is 27.2 Å². The molecular weight excluding hydrogens is 756 g/mol. The van der Waals surface area contributed by atoms with Crippen LogP contribution in [-0.2, 0) is 18.4 Å². The Kier molecular flexibility index (Phi) is 40.7. The molecule has 0 aliphatic heterocycles. The van der Waals surface area contributed by atoms with Crippen LogP contribution in [0, 0.1) is 0 Å². The number of hydrogen-bond donors (Lipinski definition) is 3. The van der Waals surface area contributed by atoms with Crippen LogP contribution < -0.4 is 5.32 Å². The number of hydrogen-bond acceptors (Lipinski definition) is 5. The molecular formula is C50H96N2O6P+. The lowest BCUT2D eigenvalue weighted by atomic mass is 10.0. The molecule has 0 spiro atoms. The zero-order valence-electron chi connectivity index (χ0n) is 39.2. The fourth-order valence-corrected chi connectivity index (χ4v) is 7.57. The molecule has 346 valence electrons. The van der Waals surface area contributed by atoms with E-state index in [0.717, 1.165) is 57.8 Å². The van der Waals surface area contributed by atoms with E-state index in [0.29, 0.717) is 17.4 Å². The van der Waals surface area contributed by atoms with Gasteiger partial charge in [0, 0.05) is 6.42 Å². The smallest absolute Gasteiger partial charge is 0.387 e. The van der Waals surface area contributed by atoms with Crippen molar-refractivity contribution < 1.29 is 32.9 Å². The third kappa shape index (κ3) is 44.3. The topological polar surface area (TPSA) is 105 Å². The van der Waals surface area contributed by atoms with Gasteiger partial charge in [-0.2, -0.15) is 0 Å². The molecule has 0 aromatic heterocycles. The van der Waals surface area contributed by atoms with E-state index in [9.17, 15) is 19.4 Å². The maximum absolute atomic E-state index is 12.8. The lowest BCUT2D eigenvalue weighted by molar-refractivity contribution is -0.870. The van der Waals surface area contributed by atoms with Gasteiger partial charge in [-0.05, 0) is 70.6 Å². The molecule has 0 saturated carbocycles. The largest absolute Gasteiger partial charge is 0.472 e. The van der Waals surface area contributed by atoms with Gasteiger partial charge in [0.2, 0.25) is 5.91 Å². The first-order valence-corrected chi connectivity index (χ1v) is 26.0. The Labute approximate surface area is 365 Å². The maximum Gasteiger partial charge on any atom is 0.472 e. The zero-order valence-corrected chi connectivity index (χ0v) is 40.1. The van der Waals surface area contributed by atoms with Gasteiger partial charge in [-0.1, -0.05) is 184 Å². The van der Waals surface area contributed by atoms with Crippen LogP contribution in [0.25, 0.3) is 0 Å². The third-order valence-corrected chi connectivity index (χ3v) is 11.7. The number of aliphatic hydroxyl groups is 1. The van der Waals surface area contributed by atoms with Crippen molar-refractivity contribution in [3.05, 3.63) is 48.6 Å². The number of rotatable bonds is 44. The molecule has 0 fully saturated rings. The molecule has 8 nitrogen and oxygen atoms in total. The lowest BCUT2D eigenvalue weighted by Crippen LogP contribution is -2.45. The number of phosphoric acid groups is 1. The molecule has 3 N–H and O–H groups in total. The van der Waals surface area contributed by atoms with Gasteiger partial charge in [-0.25, -0.2) is 4.57 Å². The van der Waals surface area contributed by atoms with Gasteiger partial charge in [0.15, 0.2) is 0 Å². The number of nitrogens with zero attached hydrogens (tertiary/aromatic N) is 1. The minimum atomic E-state index is -4.35. The molecule has 0 bridgehead atoms. The van der Waals surface area contributed by atoms with Crippen molar-refractivity contribution in [2.45, 2.75) is 225 Å². The Balaban J connectivity index is 4.35. The van der Waals surface area contributed by atoms with Gasteiger partial charge in [-0.3, -0.25) is 13.8 Å². The highest BCUT2D eigenvalue weighted by Crippen LogP contribution is 2.43. The molecule has 0 saturated heterocycles. The Morgan fingerprint density at radius 3 is 1.39 bits per heavy atom. The number of nitrogens with one attached hydrogen (secondary N) is 1. The molecule has 59 heavy (non-hydrogen) atoms. The summed E-state index contributed by atoms with van der Waals surface area (Å²) in [6.45, 7) is 4.75. The Bertz CT molecular complexity index is 1100. The van der Waals surface area contributed by atoms with Crippen molar-refractivity contribution >= 4 is 13.7 Å². The number of likely N-dealkylation sites (N-methyl/N-ethyl adjacent to an activating group) is 1. The highest BCUT2D eigenvalue weighted by atomic mass is 31.2. The number of quaternary nitrogens is 1. The second-order valence-corrected chi connectivity index (χ2v) is 19.3. The van der Waals surface area contributed by atoms with Crippen LogP contribution in [0.3, 0.4) is 0 Å². The number of allylic oxidation sites excluding steroid dienone is 7. The number of phosphoric ester groups is 1. The third-order valence-electron chi connectivity index (χ3n) is 10.7. The van der Waals surface area contributed by atoms with Gasteiger partial charge in [0.25, 0.3) is 0 Å². The molecule has 0 radical (unpaired) electrons. The van der Waals surface area contributed by atoms with Gasteiger partial charge >= 0.3 is 7.82 Å². The quantitative estimate of drug-likeness (QED) is 0.0244. The summed E-state index contributed by atoms with van der Waals surface area (Å²) in [4.78, 5) is 23.1. The Hall–Kier alpha value is -1.54. The molecule has 3 unspecified atom stereocenters. The summed E-state index contributed by atoms with van der Waals surface area (Å²) in [7, 11) is 1.54. The first kappa shape index (κ1) is 57.5. The van der Waals surface area contributed by atoms with Crippen LogP contribution in [0.2, 0.25) is 0 Å². The van der Waals surface area contributed by atoms with Crippen molar-refractivity contribution in [2.75, 3.05) is 40.9 Å². The number of unbranched alkanes of at least 4 members (excludes halogenated alkanes) is 25. The van der Waals surface area contributed by atoms with Crippen molar-refractivity contribution in [3.63, 3.8) is 0 Å². The molecule has 0 aliphatic rings. The van der Waals surface area contributed by atoms with E-state index in [2.05, 4.69) is 55.6 Å². The molecule has 3 atom stereocenters. The highest BCUT2D eigenvalue weighted by Gasteiger charge is 2.27. The van der Waals surface area contributed by atoms with Gasteiger partial charge in [0.1, 0.15) is 13.2 Å². The highest BCUT2D eigenvalue weighted by molar-refractivity contribution is 7.47. The fourth-order valence-electron chi connectivity index (χ4n) is 6.83. The lowest BCUT2D eigenvalue weighted by Gasteiger charge is -2.25. The number of amides is 1. The van der Waals surface area contributed by atoms with Crippen LogP contribution in [-0.4, -0.2) is 73.4 Å². The summed E-state index contributed by atoms with van der Waals surface area (Å²) >= 11 is 0. The standard InChI is InChI=1S/C50H95N2O6P/c1-6-8-10-12-14-16-18-20-21-22-23-24-25-26-27-28-29-30-31-32-33-35-37-39-41-43-49(53)48(47-58-59(55,56)57-46-45-52(3,4)5)51-50(54)44-42-40-38-36-34-19-17-15-13-11-9-7-2/h15,17,29-30,33,35,41,43,48-49,53H,6-14,16,18-28,31-32,34,36-40,42,44-47H2,1-5H3,(H-,51,54,55,56)/p+1/b17-15-,30-29+,35-33+,43-41+. The van der Waals surface area contributed by atoms with Crippen LogP contribution in [0.5, 0.6) is 0 Å². The van der Waals surface area contributed by atoms with Crippen LogP contribution in [0.4, 0.5) is 0 Å². The van der Waals surface area contributed by atoms with E-state index >= 15 is 0 Å². The van der Waals surface area contributed by atoms with E-state index in [4.69, 9.17) is 9.05 Å². The van der Waals surface area contributed by atoms with E-state index < -0.39 is 20.0 Å². The summed E-state index contributed by atoms with van der Waals surface area (Å²) in [6.07, 6.45) is 53.5. The number of carbonyl (C=O) groups excluding carboxylic acids is 1. The minimum Gasteiger partial charge on any atom is -0.387 e. The summed E-state index contributed by atoms with van der Waals surface area (Å²) < 4.78 is 23.5. The SMILES string of the molecule is CCCCC/C=C\CCCCCCCC(=O)NC(COP(=O)(O)OCC[N+](C)(C)C)C(O)/C=C/CC/C=C/CC/C=C/CCCCCCCCCCCCCCCCC. The average Bonchev–Trinajstić information content (AvgIpc) is 3.19. The van der Waals surface area contributed by atoms with Crippen LogP contribution in [0.1, 0.15) is 213 Å². The summed E-state index contributed by atoms with van der Waals surface area (Å²) in [6, 6.07) is -0.873. The first-order valence-electron chi connectivity index (χ1n) is 24.5. The molecule has 9 heteroatoms. The van der Waals surface area contributed by atoms with Crippen molar-refractivity contribution in [3.8, 4) is 0 Å². The van der Waals surface area contributed by atoms with Crippen molar-refractivity contribution in [1.82, 2.24) is 5.32 Å². The molecule has 0 aromatic rings. The normalized spacial score (nSPS) is 14.6. The zero-order chi connectivity index (χ0) is 43.6. The van der Waals surface area contributed by atoms with E-state index in [-0.39, 0.29) is 19.1 Å². The van der Waals surface area contributed by atoms with Gasteiger partial charge in [0.05, 0.1) is 39.9 Å². The molecule has 0 aromatic carbocycles. The van der Waals surface area contributed by atoms with Crippen molar-refractivity contribution in [1.29, 1.82) is 0 Å². The Morgan fingerprint density at radius 2 is 0.932 bits per heavy atom. The number of aliphatic hydroxyl groups excluding tert-OH is 1. The monoisotopic (exact) mass is 852 g/mol. The van der Waals surface area contributed by atoms with Gasteiger partial charge in [-0.15, -0.1) is 0 Å². The van der Waals surface area contributed by atoms with Gasteiger partial charge < -0.3 is 19.8 Å². The summed E-state index contributed by atoms with van der Waals surface area (Å²) in [5, 5.41) is 13.8. The molecule has 0 heterocycles. The second-order valence-electron chi connectivity index (χ2n) is 17.8. The molecule has 1 amide bonds. The minimum absolute atomic E-state index is 0.0510. The summed E-state index contributed by atoms with van der Waals surface area (Å²) in [5.41, 5.74) is 0.